The minimum Gasteiger partial charge on any atom is -0.493 e. The first-order chi connectivity index (χ1) is 15.6. The largest absolute Gasteiger partial charge is 0.493 e. The molecule has 0 aliphatic carbocycles. The molecule has 1 N–H and O–H groups in total. The molecule has 11 heteroatoms. The zero-order valence-electron chi connectivity index (χ0n) is 17.8. The lowest BCUT2D eigenvalue weighted by Gasteiger charge is -2.18. The molecule has 1 heterocycles. The van der Waals surface area contributed by atoms with Crippen molar-refractivity contribution < 1.29 is 19.1 Å². The van der Waals surface area contributed by atoms with Crippen LogP contribution < -0.4 is 14.8 Å². The standard InChI is InChI=1S/C22H19BrCl2N2O4S2/c1-11(2)27-21(29)17(33-22(27)32)9-12-7-13(23)20(16(8-12)30-3)31-10-18(28)26-15-6-4-5-14(24)19(15)25/h4-9,11H,10H2,1-3H3,(H,26,28)/b17-9-. The number of rotatable bonds is 7. The maximum Gasteiger partial charge on any atom is 0.266 e. The van der Waals surface area contributed by atoms with E-state index in [0.29, 0.717) is 41.5 Å². The third kappa shape index (κ3) is 6.02. The summed E-state index contributed by atoms with van der Waals surface area (Å²) in [6.45, 7) is 3.54. The van der Waals surface area contributed by atoms with Crippen LogP contribution in [0.5, 0.6) is 11.5 Å². The number of hydrogen-bond donors (Lipinski definition) is 1. The van der Waals surface area contributed by atoms with E-state index in [-0.39, 0.29) is 23.6 Å². The van der Waals surface area contributed by atoms with Crippen molar-refractivity contribution in [3.05, 3.63) is 55.3 Å². The van der Waals surface area contributed by atoms with Crippen molar-refractivity contribution in [2.24, 2.45) is 0 Å². The van der Waals surface area contributed by atoms with Gasteiger partial charge in [0.1, 0.15) is 4.32 Å². The predicted molar refractivity (Wildman–Crippen MR) is 141 cm³/mol. The van der Waals surface area contributed by atoms with Crippen LogP contribution in [-0.2, 0) is 9.59 Å². The van der Waals surface area contributed by atoms with E-state index in [1.807, 2.05) is 13.8 Å². The second-order valence-electron chi connectivity index (χ2n) is 7.12. The van der Waals surface area contributed by atoms with Crippen molar-refractivity contribution in [2.75, 3.05) is 19.0 Å². The number of anilines is 1. The molecule has 0 atom stereocenters. The summed E-state index contributed by atoms with van der Waals surface area (Å²) in [4.78, 5) is 27.1. The molecule has 2 aromatic carbocycles. The van der Waals surface area contributed by atoms with Gasteiger partial charge in [-0.3, -0.25) is 14.5 Å². The Labute approximate surface area is 219 Å². The molecule has 3 rings (SSSR count). The van der Waals surface area contributed by atoms with Gasteiger partial charge in [-0.15, -0.1) is 0 Å². The van der Waals surface area contributed by atoms with Crippen LogP contribution in [0.4, 0.5) is 5.69 Å². The number of hydrogen-bond acceptors (Lipinski definition) is 6. The molecule has 1 fully saturated rings. The molecular formula is C22H19BrCl2N2O4S2. The van der Waals surface area contributed by atoms with Gasteiger partial charge in [0.15, 0.2) is 18.1 Å². The van der Waals surface area contributed by atoms with Gasteiger partial charge < -0.3 is 14.8 Å². The van der Waals surface area contributed by atoms with E-state index in [9.17, 15) is 9.59 Å². The number of carbonyl (C=O) groups is 2. The van der Waals surface area contributed by atoms with Gasteiger partial charge in [-0.1, -0.05) is 53.2 Å². The molecule has 1 aliphatic rings. The highest BCUT2D eigenvalue weighted by molar-refractivity contribution is 9.10. The summed E-state index contributed by atoms with van der Waals surface area (Å²) in [5, 5.41) is 3.24. The molecule has 174 valence electrons. The summed E-state index contributed by atoms with van der Waals surface area (Å²) in [5.41, 5.74) is 1.10. The number of nitrogens with one attached hydrogen (secondary N) is 1. The molecule has 1 saturated heterocycles. The number of ether oxygens (including phenoxy) is 2. The first-order valence-corrected chi connectivity index (χ1v) is 12.4. The first kappa shape index (κ1) is 25.8. The van der Waals surface area contributed by atoms with Crippen molar-refractivity contribution in [1.82, 2.24) is 4.90 Å². The highest BCUT2D eigenvalue weighted by Gasteiger charge is 2.33. The molecule has 2 aromatic rings. The van der Waals surface area contributed by atoms with Gasteiger partial charge in [0.25, 0.3) is 11.8 Å². The van der Waals surface area contributed by atoms with Crippen LogP contribution >= 0.6 is 63.1 Å². The van der Waals surface area contributed by atoms with Crippen LogP contribution in [0, 0.1) is 0 Å². The minimum absolute atomic E-state index is 0.0200. The number of benzene rings is 2. The lowest BCUT2D eigenvalue weighted by Crippen LogP contribution is -2.34. The average Bonchev–Trinajstić information content (AvgIpc) is 3.03. The number of thiocarbonyl (C=S) groups is 1. The molecule has 0 saturated carbocycles. The molecule has 0 radical (unpaired) electrons. The van der Waals surface area contributed by atoms with E-state index < -0.39 is 5.91 Å². The predicted octanol–water partition coefficient (Wildman–Crippen LogP) is 6.39. The summed E-state index contributed by atoms with van der Waals surface area (Å²) in [6.07, 6.45) is 1.74. The van der Waals surface area contributed by atoms with Gasteiger partial charge >= 0.3 is 0 Å². The lowest BCUT2D eigenvalue weighted by atomic mass is 10.1. The van der Waals surface area contributed by atoms with Gasteiger partial charge in [-0.05, 0) is 65.7 Å². The van der Waals surface area contributed by atoms with E-state index in [1.54, 1.807) is 41.3 Å². The maximum absolute atomic E-state index is 12.7. The fourth-order valence-electron chi connectivity index (χ4n) is 2.96. The Morgan fingerprint density at radius 3 is 2.70 bits per heavy atom. The van der Waals surface area contributed by atoms with E-state index in [1.165, 1.54) is 18.9 Å². The third-order valence-electron chi connectivity index (χ3n) is 4.46. The topological polar surface area (TPSA) is 67.9 Å². The molecule has 0 spiro atoms. The summed E-state index contributed by atoms with van der Waals surface area (Å²) < 4.78 is 12.2. The number of nitrogens with zero attached hydrogens (tertiary/aromatic N) is 1. The van der Waals surface area contributed by atoms with E-state index in [4.69, 9.17) is 44.9 Å². The minimum atomic E-state index is -0.422. The Bertz CT molecular complexity index is 1160. The SMILES string of the molecule is COc1cc(/C=C2\SC(=S)N(C(C)C)C2=O)cc(Br)c1OCC(=O)Nc1cccc(Cl)c1Cl. The fraction of sp³-hybridized carbons (Fsp3) is 0.227. The second-order valence-corrected chi connectivity index (χ2v) is 10.4. The number of methoxy groups -OCH3 is 1. The number of halogens is 3. The monoisotopic (exact) mass is 588 g/mol. The highest BCUT2D eigenvalue weighted by atomic mass is 79.9. The quantitative estimate of drug-likeness (QED) is 0.298. The van der Waals surface area contributed by atoms with Crippen LogP contribution in [0.2, 0.25) is 10.0 Å². The van der Waals surface area contributed by atoms with Crippen molar-refractivity contribution in [2.45, 2.75) is 19.9 Å². The number of carbonyl (C=O) groups excluding carboxylic acids is 2. The molecular weight excluding hydrogens is 571 g/mol. The second kappa shape index (κ2) is 11.1. The molecule has 2 amide bonds. The normalized spacial score (nSPS) is 14.9. The Balaban J connectivity index is 1.76. The Hall–Kier alpha value is -1.78. The van der Waals surface area contributed by atoms with E-state index >= 15 is 0 Å². The molecule has 0 bridgehead atoms. The van der Waals surface area contributed by atoms with Gasteiger partial charge in [0, 0.05) is 6.04 Å². The Kier molecular flexibility index (Phi) is 8.69. The fourth-order valence-corrected chi connectivity index (χ4v) is 5.41. The highest BCUT2D eigenvalue weighted by Crippen LogP contribution is 2.39. The van der Waals surface area contributed by atoms with E-state index in [2.05, 4.69) is 21.2 Å². The smallest absolute Gasteiger partial charge is 0.266 e. The van der Waals surface area contributed by atoms with Gasteiger partial charge in [-0.25, -0.2) is 0 Å². The zero-order valence-corrected chi connectivity index (χ0v) is 22.5. The van der Waals surface area contributed by atoms with Crippen LogP contribution in [0.25, 0.3) is 6.08 Å². The summed E-state index contributed by atoms with van der Waals surface area (Å²) >= 11 is 22.1. The van der Waals surface area contributed by atoms with Crippen molar-refractivity contribution in [3.8, 4) is 11.5 Å². The lowest BCUT2D eigenvalue weighted by molar-refractivity contribution is -0.123. The van der Waals surface area contributed by atoms with Crippen LogP contribution in [0.3, 0.4) is 0 Å². The number of amides is 2. The average molecular weight is 590 g/mol. The summed E-state index contributed by atoms with van der Waals surface area (Å²) in [7, 11) is 1.49. The van der Waals surface area contributed by atoms with Crippen molar-refractivity contribution in [1.29, 1.82) is 0 Å². The van der Waals surface area contributed by atoms with Gasteiger partial charge in [-0.2, -0.15) is 0 Å². The van der Waals surface area contributed by atoms with Gasteiger partial charge in [0.2, 0.25) is 0 Å². The summed E-state index contributed by atoms with van der Waals surface area (Å²) in [5.74, 6) is 0.182. The van der Waals surface area contributed by atoms with Crippen LogP contribution in [0.1, 0.15) is 19.4 Å². The van der Waals surface area contributed by atoms with Crippen molar-refractivity contribution >= 4 is 91.0 Å². The molecule has 0 unspecified atom stereocenters. The van der Waals surface area contributed by atoms with Gasteiger partial charge in [0.05, 0.1) is 32.2 Å². The molecule has 33 heavy (non-hydrogen) atoms. The Morgan fingerprint density at radius 1 is 1.33 bits per heavy atom. The Morgan fingerprint density at radius 2 is 2.06 bits per heavy atom. The number of thioether (sulfide) groups is 1. The first-order valence-electron chi connectivity index (χ1n) is 9.63. The third-order valence-corrected chi connectivity index (χ3v) is 7.20. The van der Waals surface area contributed by atoms with Crippen LogP contribution in [-0.4, -0.2) is 40.8 Å². The van der Waals surface area contributed by atoms with Crippen LogP contribution in [0.15, 0.2) is 39.7 Å². The van der Waals surface area contributed by atoms with Crippen molar-refractivity contribution in [3.63, 3.8) is 0 Å². The molecule has 0 aromatic heterocycles. The van der Waals surface area contributed by atoms with E-state index in [0.717, 1.165) is 0 Å². The maximum atomic E-state index is 12.7. The molecule has 1 aliphatic heterocycles. The summed E-state index contributed by atoms with van der Waals surface area (Å²) in [6, 6.07) is 8.41. The zero-order chi connectivity index (χ0) is 24.3. The molecule has 6 nitrogen and oxygen atoms in total.